The maximum absolute atomic E-state index is 13.9. The number of phenolic OH excluding ortho intramolecular Hbond substituents is 1. The summed E-state index contributed by atoms with van der Waals surface area (Å²) < 4.78 is 87.8. The number of aliphatic hydroxyl groups is 1. The molecule has 3 aromatic rings. The van der Waals surface area contributed by atoms with E-state index in [0.717, 1.165) is 0 Å². The molecule has 0 radical (unpaired) electrons. The Hall–Kier alpha value is -4.47. The van der Waals surface area contributed by atoms with Gasteiger partial charge in [-0.05, 0) is 90.7 Å². The van der Waals surface area contributed by atoms with Crippen molar-refractivity contribution in [2.75, 3.05) is 11.5 Å². The number of aromatic nitrogens is 1. The molecule has 1 aliphatic carbocycles. The molecule has 2 aliphatic heterocycles. The molecule has 256 valence electrons. The number of fused-ring (bicyclic) bond motifs is 3. The number of aliphatic hydroxyl groups excluding tert-OH is 1. The lowest BCUT2D eigenvalue weighted by molar-refractivity contribution is -0.143. The molecule has 0 spiro atoms. The Morgan fingerprint density at radius 2 is 1.63 bits per heavy atom. The number of anilines is 1. The summed E-state index contributed by atoms with van der Waals surface area (Å²) in [5.41, 5.74) is -1.63. The second kappa shape index (κ2) is 13.1. The van der Waals surface area contributed by atoms with Crippen LogP contribution in [0.25, 0.3) is 11.6 Å². The van der Waals surface area contributed by atoms with Gasteiger partial charge in [-0.15, -0.1) is 0 Å². The number of nitrogens with zero attached hydrogens (tertiary/aromatic N) is 2. The number of pyridine rings is 1. The number of carbonyl (C=O) groups is 2. The van der Waals surface area contributed by atoms with E-state index in [9.17, 15) is 51.2 Å². The Balaban J connectivity index is 1.34. The summed E-state index contributed by atoms with van der Waals surface area (Å²) in [6.07, 6.45) is -7.86. The first-order valence-electron chi connectivity index (χ1n) is 15.4. The molecule has 2 fully saturated rings. The van der Waals surface area contributed by atoms with Crippen LogP contribution in [-0.4, -0.2) is 51.9 Å². The highest BCUT2D eigenvalue weighted by Gasteiger charge is 2.58. The van der Waals surface area contributed by atoms with Gasteiger partial charge in [-0.25, -0.2) is 4.90 Å². The number of hydrogen-bond acceptors (Lipinski definition) is 7. The number of carbonyl (C=O) groups excluding carboxylic acids is 2. The van der Waals surface area contributed by atoms with Crippen molar-refractivity contribution in [1.29, 1.82) is 0 Å². The second-order valence-electron chi connectivity index (χ2n) is 12.2. The minimum absolute atomic E-state index is 0.0287. The summed E-state index contributed by atoms with van der Waals surface area (Å²) >= 11 is 0. The first kappa shape index (κ1) is 34.4. The number of phenols is 1. The van der Waals surface area contributed by atoms with E-state index in [4.69, 9.17) is 4.65 Å². The zero-order chi connectivity index (χ0) is 35.2. The van der Waals surface area contributed by atoms with E-state index in [1.165, 1.54) is 6.07 Å². The first-order chi connectivity index (χ1) is 23.2. The van der Waals surface area contributed by atoms with Gasteiger partial charge in [0.15, 0.2) is 0 Å². The number of alkyl halides is 6. The maximum atomic E-state index is 13.9. The molecule has 3 heterocycles. The van der Waals surface area contributed by atoms with Crippen molar-refractivity contribution in [3.63, 3.8) is 0 Å². The van der Waals surface area contributed by atoms with Gasteiger partial charge < -0.3 is 19.9 Å². The molecule has 2 amide bonds. The van der Waals surface area contributed by atoms with Gasteiger partial charge in [-0.2, -0.15) is 26.3 Å². The molecular weight excluding hydrogens is 657 g/mol. The van der Waals surface area contributed by atoms with Crippen LogP contribution in [0.2, 0.25) is 6.32 Å². The van der Waals surface area contributed by atoms with E-state index in [1.807, 2.05) is 0 Å². The Morgan fingerprint density at radius 1 is 0.959 bits per heavy atom. The molecule has 0 saturated carbocycles. The number of rotatable bonds is 7. The van der Waals surface area contributed by atoms with Gasteiger partial charge in [0.05, 0.1) is 47.1 Å². The van der Waals surface area contributed by atoms with Crippen LogP contribution in [0.4, 0.5) is 32.0 Å². The van der Waals surface area contributed by atoms with Gasteiger partial charge in [-0.3, -0.25) is 14.6 Å². The van der Waals surface area contributed by atoms with E-state index in [2.05, 4.69) is 4.98 Å². The predicted molar refractivity (Wildman–Crippen MR) is 165 cm³/mol. The van der Waals surface area contributed by atoms with Crippen LogP contribution < -0.4 is 4.90 Å². The molecule has 3 N–H and O–H groups in total. The molecule has 0 unspecified atom stereocenters. The van der Waals surface area contributed by atoms with Gasteiger partial charge in [-0.1, -0.05) is 24.3 Å². The molecule has 4 atom stereocenters. The van der Waals surface area contributed by atoms with E-state index in [-0.39, 0.29) is 37.4 Å². The third kappa shape index (κ3) is 6.74. The second-order valence-corrected chi connectivity index (χ2v) is 12.2. The van der Waals surface area contributed by atoms with Crippen LogP contribution in [0.15, 0.2) is 78.0 Å². The van der Waals surface area contributed by atoms with Crippen molar-refractivity contribution < 1.29 is 55.8 Å². The van der Waals surface area contributed by atoms with Gasteiger partial charge in [0, 0.05) is 11.8 Å². The van der Waals surface area contributed by atoms with Crippen LogP contribution >= 0.6 is 0 Å². The molecule has 3 aliphatic rings. The van der Waals surface area contributed by atoms with Crippen molar-refractivity contribution in [1.82, 2.24) is 4.98 Å². The van der Waals surface area contributed by atoms with Crippen LogP contribution in [0, 0.1) is 17.8 Å². The smallest absolute Gasteiger partial charge is 0.455 e. The fourth-order valence-corrected chi connectivity index (χ4v) is 7.14. The molecule has 49 heavy (non-hydrogen) atoms. The van der Waals surface area contributed by atoms with Gasteiger partial charge in [0.25, 0.3) is 0 Å². The summed E-state index contributed by atoms with van der Waals surface area (Å²) in [5, 5.41) is 31.6. The van der Waals surface area contributed by atoms with Crippen LogP contribution in [0.1, 0.15) is 41.6 Å². The number of halogens is 6. The Labute approximate surface area is 276 Å². The highest BCUT2D eigenvalue weighted by molar-refractivity contribution is 6.43. The van der Waals surface area contributed by atoms with Crippen molar-refractivity contribution in [3.8, 4) is 5.75 Å². The van der Waals surface area contributed by atoms with Crippen molar-refractivity contribution in [2.24, 2.45) is 17.8 Å². The largest absolute Gasteiger partial charge is 0.507 e. The number of allylic oxidation sites excluding steroid dienone is 1. The highest BCUT2D eigenvalue weighted by Crippen LogP contribution is 2.52. The summed E-state index contributed by atoms with van der Waals surface area (Å²) in [5.74, 6) is -5.28. The molecule has 1 aromatic heterocycles. The number of amides is 2. The normalized spacial score (nSPS) is 23.2. The zero-order valence-corrected chi connectivity index (χ0v) is 25.6. The minimum atomic E-state index is -5.20. The van der Waals surface area contributed by atoms with E-state index in [1.54, 1.807) is 48.7 Å². The molecular formula is C34H29BF6N2O6. The summed E-state index contributed by atoms with van der Waals surface area (Å²) in [6, 6.07) is 12.5. The van der Waals surface area contributed by atoms with E-state index < -0.39 is 78.6 Å². The molecule has 8 nitrogen and oxygen atoms in total. The standard InChI is InChI=1S/C34H29BF6N2O6/c36-33(37,38)21-13-22(34(39,40)41)15-23(14-21)43-31(46)24-12-20(17-44)29-25(30(24)32(43)47)16-35(48)49-28(29)9-8-18(26-6-3-4-10-42-26)11-19-5-1-2-7-27(19)45/h1-7,10-11,13-15,24-25,28,30,44-45,48H,8-9,12,16-17H2/b18-11-/t24-,25+,28-,30-/m1/s1. The third-order valence-corrected chi connectivity index (χ3v) is 9.27. The van der Waals surface area contributed by atoms with Crippen molar-refractivity contribution in [2.45, 2.75) is 44.0 Å². The summed E-state index contributed by atoms with van der Waals surface area (Å²) in [6.45, 7) is -0.560. The lowest BCUT2D eigenvalue weighted by Gasteiger charge is -2.42. The summed E-state index contributed by atoms with van der Waals surface area (Å²) in [4.78, 5) is 32.4. The third-order valence-electron chi connectivity index (χ3n) is 9.27. The highest BCUT2D eigenvalue weighted by atomic mass is 19.4. The zero-order valence-electron chi connectivity index (χ0n) is 25.6. The van der Waals surface area contributed by atoms with Gasteiger partial charge in [0.2, 0.25) is 11.8 Å². The lowest BCUT2D eigenvalue weighted by Crippen LogP contribution is -2.46. The monoisotopic (exact) mass is 686 g/mol. The van der Waals surface area contributed by atoms with Gasteiger partial charge >= 0.3 is 19.5 Å². The molecule has 2 saturated heterocycles. The fraction of sp³-hybridized carbons (Fsp3) is 0.324. The van der Waals surface area contributed by atoms with Crippen LogP contribution in [0.3, 0.4) is 0 Å². The van der Waals surface area contributed by atoms with Crippen LogP contribution in [-0.2, 0) is 26.6 Å². The minimum Gasteiger partial charge on any atom is -0.507 e. The Bertz CT molecular complexity index is 1800. The first-order valence-corrected chi connectivity index (χ1v) is 15.4. The quantitative estimate of drug-likeness (QED) is 0.118. The number of benzene rings is 2. The average molecular weight is 686 g/mol. The topological polar surface area (TPSA) is 120 Å². The summed E-state index contributed by atoms with van der Waals surface area (Å²) in [7, 11) is -1.43. The fourth-order valence-electron chi connectivity index (χ4n) is 7.14. The van der Waals surface area contributed by atoms with Gasteiger partial charge in [0.1, 0.15) is 5.75 Å². The molecule has 0 bridgehead atoms. The molecule has 15 heteroatoms. The number of aromatic hydroxyl groups is 1. The lowest BCUT2D eigenvalue weighted by atomic mass is 9.58. The van der Waals surface area contributed by atoms with E-state index >= 15 is 0 Å². The Morgan fingerprint density at radius 3 is 2.24 bits per heavy atom. The Kier molecular flexibility index (Phi) is 9.20. The SMILES string of the molecule is O=C1[C@@H]2[C@@H](CC(CO)=C3[C@@H](CC/C(=C/c4ccccc4O)c4ccccn4)OB(O)C[C@@H]32)C(=O)N1c1cc(C(F)(F)F)cc(C(F)(F)F)c1. The molecule has 6 rings (SSSR count). The molecule has 2 aromatic carbocycles. The van der Waals surface area contributed by atoms with Crippen molar-refractivity contribution >= 4 is 36.3 Å². The van der Waals surface area contributed by atoms with Crippen LogP contribution in [0.5, 0.6) is 5.75 Å². The predicted octanol–water partition coefficient (Wildman–Crippen LogP) is 6.14. The average Bonchev–Trinajstić information content (AvgIpc) is 3.31. The maximum Gasteiger partial charge on any atom is 0.455 e. The van der Waals surface area contributed by atoms with Crippen molar-refractivity contribution in [3.05, 3.63) is 100 Å². The number of para-hydroxylation sites is 1. The number of imide groups is 1. The number of hydrogen-bond donors (Lipinski definition) is 3. The van der Waals surface area contributed by atoms with E-state index in [0.29, 0.717) is 45.0 Å².